The highest BCUT2D eigenvalue weighted by molar-refractivity contribution is 7.90. The van der Waals surface area contributed by atoms with Crippen LogP contribution in [-0.4, -0.2) is 79.9 Å². The van der Waals surface area contributed by atoms with Gasteiger partial charge >= 0.3 is 0 Å². The van der Waals surface area contributed by atoms with Crippen molar-refractivity contribution in [2.45, 2.75) is 44.4 Å². The number of carbonyl (C=O) groups excluding carboxylic acids is 1. The van der Waals surface area contributed by atoms with Gasteiger partial charge in [-0.2, -0.15) is 0 Å². The minimum atomic E-state index is -4.55. The summed E-state index contributed by atoms with van der Waals surface area (Å²) in [5, 5.41) is 16.3. The number of hydrogen-bond acceptors (Lipinski definition) is 11. The van der Waals surface area contributed by atoms with E-state index in [0.29, 0.717) is 30.9 Å². The molecule has 1 saturated heterocycles. The summed E-state index contributed by atoms with van der Waals surface area (Å²) < 4.78 is 35.4. The predicted octanol–water partition coefficient (Wildman–Crippen LogP) is 7.58. The molecule has 1 aliphatic heterocycles. The lowest BCUT2D eigenvalue weighted by atomic mass is 9.72. The Balaban J connectivity index is 1.11. The molecular formula is C42H47ClN8O6S. The number of sulfonamides is 1. The Bertz CT molecular complexity index is 2460. The number of halogens is 1. The molecule has 1 amide bonds. The zero-order chi connectivity index (χ0) is 41.0. The van der Waals surface area contributed by atoms with E-state index in [0.717, 1.165) is 74.1 Å². The van der Waals surface area contributed by atoms with E-state index in [2.05, 4.69) is 55.8 Å². The Morgan fingerprint density at radius 2 is 1.83 bits per heavy atom. The van der Waals surface area contributed by atoms with E-state index in [-0.39, 0.29) is 22.4 Å². The molecule has 0 unspecified atom stereocenters. The second-order valence-electron chi connectivity index (χ2n) is 15.5. The van der Waals surface area contributed by atoms with Gasteiger partial charge in [0.2, 0.25) is 0 Å². The first kappa shape index (κ1) is 40.7. The van der Waals surface area contributed by atoms with Crippen LogP contribution in [0.5, 0.6) is 11.5 Å². The number of nitrogens with one attached hydrogen (secondary N) is 3. The van der Waals surface area contributed by atoms with Gasteiger partial charge in [-0.1, -0.05) is 43.2 Å². The molecule has 5 aromatic rings. The molecule has 304 valence electrons. The molecule has 2 aromatic heterocycles. The molecule has 7 rings (SSSR count). The molecule has 1 aliphatic carbocycles. The number of amides is 1. The number of piperazine rings is 1. The summed E-state index contributed by atoms with van der Waals surface area (Å²) in [6.07, 6.45) is 7.02. The van der Waals surface area contributed by atoms with Crippen LogP contribution in [0.15, 0.2) is 95.7 Å². The molecule has 14 nitrogen and oxygen atoms in total. The van der Waals surface area contributed by atoms with E-state index in [1.165, 1.54) is 41.1 Å². The minimum absolute atomic E-state index is 0.0448. The van der Waals surface area contributed by atoms with Crippen molar-refractivity contribution in [3.05, 3.63) is 117 Å². The maximum atomic E-state index is 13.8. The van der Waals surface area contributed by atoms with Crippen LogP contribution in [0.4, 0.5) is 17.1 Å². The quantitative estimate of drug-likeness (QED) is 0.0491. The molecule has 3 heterocycles. The molecular weight excluding hydrogens is 780 g/mol. The maximum absolute atomic E-state index is 13.8. The van der Waals surface area contributed by atoms with Crippen LogP contribution in [0.3, 0.4) is 0 Å². The first-order valence-corrected chi connectivity index (χ1v) is 21.1. The number of nitro groups is 1. The van der Waals surface area contributed by atoms with Crippen molar-refractivity contribution in [3.63, 3.8) is 0 Å². The zero-order valence-corrected chi connectivity index (χ0v) is 34.0. The molecule has 0 atom stereocenters. The van der Waals surface area contributed by atoms with E-state index in [1.807, 2.05) is 18.2 Å². The van der Waals surface area contributed by atoms with Crippen LogP contribution in [-0.2, 0) is 10.0 Å². The predicted molar refractivity (Wildman–Crippen MR) is 227 cm³/mol. The van der Waals surface area contributed by atoms with Crippen molar-refractivity contribution in [1.29, 1.82) is 0 Å². The number of nitro benzene ring substituents is 1. The molecule has 16 heteroatoms. The van der Waals surface area contributed by atoms with Crippen molar-refractivity contribution >= 4 is 61.2 Å². The normalized spacial score (nSPS) is 16.0. The van der Waals surface area contributed by atoms with Gasteiger partial charge in [0.15, 0.2) is 0 Å². The molecule has 0 saturated carbocycles. The highest BCUT2D eigenvalue weighted by Gasteiger charge is 2.30. The van der Waals surface area contributed by atoms with Crippen molar-refractivity contribution < 1.29 is 22.9 Å². The van der Waals surface area contributed by atoms with Gasteiger partial charge in [0, 0.05) is 73.7 Å². The van der Waals surface area contributed by atoms with Crippen LogP contribution in [0.25, 0.3) is 16.6 Å². The summed E-state index contributed by atoms with van der Waals surface area (Å²) >= 11 is 6.23. The average molecular weight is 827 g/mol. The summed E-state index contributed by atoms with van der Waals surface area (Å²) in [7, 11) is -4.55. The van der Waals surface area contributed by atoms with Gasteiger partial charge in [-0.3, -0.25) is 19.8 Å². The van der Waals surface area contributed by atoms with Crippen molar-refractivity contribution in [3.8, 4) is 11.5 Å². The number of nitrogens with two attached hydrogens (primary N) is 1. The molecule has 0 spiro atoms. The first-order valence-electron chi connectivity index (χ1n) is 19.3. The SMILES string of the molecule is CC1(C)CCC(CN2CCN(c3ccc(C(=O)NS(=O)(=O)c4ccc(NCCCN)c([N+](=O)[O-])c4)c(Oc4cnc5[nH]ccc5c4)c3)CC2)=C(c2ccc(Cl)cc2)C1. The van der Waals surface area contributed by atoms with Gasteiger partial charge in [0.05, 0.1) is 21.6 Å². The first-order chi connectivity index (χ1) is 27.8. The van der Waals surface area contributed by atoms with E-state index >= 15 is 0 Å². The molecule has 58 heavy (non-hydrogen) atoms. The van der Waals surface area contributed by atoms with E-state index in [9.17, 15) is 23.3 Å². The average Bonchev–Trinajstić information content (AvgIpc) is 3.67. The number of hydrogen-bond donors (Lipinski definition) is 4. The second-order valence-corrected chi connectivity index (χ2v) is 17.6. The number of ether oxygens (including phenoxy) is 1. The fourth-order valence-corrected chi connectivity index (χ4v) is 8.63. The summed E-state index contributed by atoms with van der Waals surface area (Å²) in [4.78, 5) is 36.7. The lowest BCUT2D eigenvalue weighted by Gasteiger charge is -2.39. The largest absolute Gasteiger partial charge is 0.455 e. The third-order valence-electron chi connectivity index (χ3n) is 10.7. The number of aromatic nitrogens is 2. The lowest BCUT2D eigenvalue weighted by molar-refractivity contribution is -0.384. The van der Waals surface area contributed by atoms with Crippen molar-refractivity contribution in [2.24, 2.45) is 11.1 Å². The Labute approximate surface area is 342 Å². The molecule has 0 radical (unpaired) electrons. The van der Waals surface area contributed by atoms with Gasteiger partial charge < -0.3 is 25.7 Å². The molecule has 5 N–H and O–H groups in total. The molecule has 0 bridgehead atoms. The van der Waals surface area contributed by atoms with E-state index in [1.54, 1.807) is 24.4 Å². The summed E-state index contributed by atoms with van der Waals surface area (Å²) in [6, 6.07) is 20.2. The summed E-state index contributed by atoms with van der Waals surface area (Å²) in [5.41, 5.74) is 11.0. The Kier molecular flexibility index (Phi) is 12.0. The Morgan fingerprint density at radius 3 is 2.57 bits per heavy atom. The van der Waals surface area contributed by atoms with Crippen LogP contribution < -0.4 is 25.4 Å². The number of anilines is 2. The van der Waals surface area contributed by atoms with Gasteiger partial charge in [0.25, 0.3) is 21.6 Å². The number of H-pyrrole nitrogens is 1. The minimum Gasteiger partial charge on any atom is -0.455 e. The fourth-order valence-electron chi connectivity index (χ4n) is 7.52. The third-order valence-corrected chi connectivity index (χ3v) is 12.3. The number of rotatable bonds is 14. The van der Waals surface area contributed by atoms with Gasteiger partial charge in [0.1, 0.15) is 22.8 Å². The highest BCUT2D eigenvalue weighted by atomic mass is 35.5. The standard InChI is InChI=1S/C42H47ClN8O6S/c1-42(2)14-12-30(36(25-42)28-4-6-31(43)7-5-28)27-49-18-20-50(21-19-49)32-8-10-35(39(23-32)57-33-22-29-13-17-46-40(29)47-26-33)41(52)48-58(55,56)34-9-11-37(45-16-3-15-44)38(24-34)51(53)54/h4-11,13,17,22-24,26,45H,3,12,14-16,18-21,25,27,44H2,1-2H3,(H,46,47)(H,48,52). The van der Waals surface area contributed by atoms with Gasteiger partial charge in [-0.05, 0) is 97.3 Å². The molecule has 1 fully saturated rings. The molecule has 3 aromatic carbocycles. The smallest absolute Gasteiger partial charge is 0.293 e. The van der Waals surface area contributed by atoms with Crippen LogP contribution in [0.2, 0.25) is 5.02 Å². The van der Waals surface area contributed by atoms with Crippen molar-refractivity contribution in [2.75, 3.05) is 56.0 Å². The number of nitrogens with zero attached hydrogens (tertiary/aromatic N) is 4. The second kappa shape index (κ2) is 17.2. The lowest BCUT2D eigenvalue weighted by Crippen LogP contribution is -2.47. The monoisotopic (exact) mass is 826 g/mol. The number of pyridine rings is 1. The third kappa shape index (κ3) is 9.45. The Hall–Kier alpha value is -5.48. The summed E-state index contributed by atoms with van der Waals surface area (Å²) in [5.74, 6) is -0.493. The van der Waals surface area contributed by atoms with E-state index in [4.69, 9.17) is 22.1 Å². The number of aromatic amines is 1. The Morgan fingerprint density at radius 1 is 1.05 bits per heavy atom. The maximum Gasteiger partial charge on any atom is 0.293 e. The van der Waals surface area contributed by atoms with Gasteiger partial charge in [-0.15, -0.1) is 0 Å². The van der Waals surface area contributed by atoms with Crippen molar-refractivity contribution in [1.82, 2.24) is 19.6 Å². The van der Waals surface area contributed by atoms with Gasteiger partial charge in [-0.25, -0.2) is 18.1 Å². The number of allylic oxidation sites excluding steroid dienone is 1. The van der Waals surface area contributed by atoms with E-state index < -0.39 is 31.4 Å². The fraction of sp³-hybridized carbons (Fsp3) is 0.333. The van der Waals surface area contributed by atoms with Crippen LogP contribution >= 0.6 is 11.6 Å². The summed E-state index contributed by atoms with van der Waals surface area (Å²) in [6.45, 7) is 9.37. The zero-order valence-electron chi connectivity index (χ0n) is 32.5. The molecule has 2 aliphatic rings. The number of benzene rings is 3. The number of carbonyl (C=O) groups is 1. The topological polar surface area (TPSA) is 189 Å². The van der Waals surface area contributed by atoms with Crippen LogP contribution in [0, 0.1) is 15.5 Å². The highest BCUT2D eigenvalue weighted by Crippen LogP contribution is 2.43. The number of fused-ring (bicyclic) bond motifs is 1. The van der Waals surface area contributed by atoms with Crippen LogP contribution in [0.1, 0.15) is 55.5 Å².